The molecule has 1 fully saturated rings. The highest BCUT2D eigenvalue weighted by Crippen LogP contribution is 2.16. The maximum absolute atomic E-state index is 5.34. The number of rotatable bonds is 7. The van der Waals surface area contributed by atoms with Crippen molar-refractivity contribution in [2.24, 2.45) is 4.99 Å². The van der Waals surface area contributed by atoms with Crippen LogP contribution in [-0.4, -0.2) is 49.6 Å². The minimum Gasteiger partial charge on any atom is -0.469 e. The minimum atomic E-state index is 0. The smallest absolute Gasteiger partial charge is 0.191 e. The van der Waals surface area contributed by atoms with Gasteiger partial charge in [-0.3, -0.25) is 9.89 Å². The number of aliphatic imine (C=N–C) groups is 1. The SMILES string of the molecule is CCNC(=NCC1CCCN1CC)NCCc1ccco1.I. The lowest BCUT2D eigenvalue weighted by molar-refractivity contribution is 0.273. The first-order valence-electron chi connectivity index (χ1n) is 8.12. The van der Waals surface area contributed by atoms with Crippen LogP contribution in [0.2, 0.25) is 0 Å². The summed E-state index contributed by atoms with van der Waals surface area (Å²) in [4.78, 5) is 7.26. The normalized spacial score (nSPS) is 19.0. The van der Waals surface area contributed by atoms with Crippen LogP contribution in [0.25, 0.3) is 0 Å². The lowest BCUT2D eigenvalue weighted by Crippen LogP contribution is -2.40. The van der Waals surface area contributed by atoms with Crippen LogP contribution in [0, 0.1) is 0 Å². The zero-order valence-electron chi connectivity index (χ0n) is 13.7. The van der Waals surface area contributed by atoms with E-state index in [1.54, 1.807) is 6.26 Å². The maximum Gasteiger partial charge on any atom is 0.191 e. The standard InChI is InChI=1S/C16H28N4O.HI/c1-3-17-16(18-10-9-15-8-6-12-21-15)19-13-14-7-5-11-20(14)4-2;/h6,8,12,14H,3-5,7,9-11,13H2,1-2H3,(H2,17,18,19);1H. The van der Waals surface area contributed by atoms with Gasteiger partial charge in [-0.25, -0.2) is 0 Å². The Bertz CT molecular complexity index is 422. The van der Waals surface area contributed by atoms with E-state index in [9.17, 15) is 0 Å². The molecular weight excluding hydrogens is 391 g/mol. The number of hydrogen-bond donors (Lipinski definition) is 2. The van der Waals surface area contributed by atoms with E-state index < -0.39 is 0 Å². The number of guanidine groups is 1. The zero-order chi connectivity index (χ0) is 14.9. The van der Waals surface area contributed by atoms with Crippen molar-refractivity contribution in [1.29, 1.82) is 0 Å². The summed E-state index contributed by atoms with van der Waals surface area (Å²) in [6.07, 6.45) is 5.16. The molecule has 2 heterocycles. The second-order valence-corrected chi connectivity index (χ2v) is 5.40. The highest BCUT2D eigenvalue weighted by atomic mass is 127. The average molecular weight is 420 g/mol. The van der Waals surface area contributed by atoms with Crippen molar-refractivity contribution >= 4 is 29.9 Å². The van der Waals surface area contributed by atoms with Crippen molar-refractivity contribution in [3.63, 3.8) is 0 Å². The lowest BCUT2D eigenvalue weighted by atomic mass is 10.2. The third-order valence-electron chi connectivity index (χ3n) is 3.95. The van der Waals surface area contributed by atoms with E-state index in [4.69, 9.17) is 9.41 Å². The third-order valence-corrected chi connectivity index (χ3v) is 3.95. The van der Waals surface area contributed by atoms with E-state index in [-0.39, 0.29) is 24.0 Å². The van der Waals surface area contributed by atoms with Gasteiger partial charge in [0.25, 0.3) is 0 Å². The number of halogens is 1. The molecule has 2 N–H and O–H groups in total. The van der Waals surface area contributed by atoms with E-state index in [1.807, 2.05) is 12.1 Å². The van der Waals surface area contributed by atoms with Crippen LogP contribution < -0.4 is 10.6 Å². The summed E-state index contributed by atoms with van der Waals surface area (Å²) < 4.78 is 5.34. The molecule has 0 aromatic carbocycles. The summed E-state index contributed by atoms with van der Waals surface area (Å²) >= 11 is 0. The number of nitrogens with one attached hydrogen (secondary N) is 2. The van der Waals surface area contributed by atoms with Gasteiger partial charge < -0.3 is 15.1 Å². The van der Waals surface area contributed by atoms with Gasteiger partial charge in [-0.15, -0.1) is 24.0 Å². The van der Waals surface area contributed by atoms with Crippen molar-refractivity contribution < 1.29 is 4.42 Å². The Hall–Kier alpha value is -0.760. The highest BCUT2D eigenvalue weighted by molar-refractivity contribution is 14.0. The van der Waals surface area contributed by atoms with Crippen LogP contribution >= 0.6 is 24.0 Å². The molecule has 1 saturated heterocycles. The van der Waals surface area contributed by atoms with Crippen LogP contribution in [0.5, 0.6) is 0 Å². The molecule has 1 atom stereocenters. The van der Waals surface area contributed by atoms with Crippen LogP contribution in [-0.2, 0) is 6.42 Å². The van der Waals surface area contributed by atoms with Crippen LogP contribution in [0.4, 0.5) is 0 Å². The Balaban J connectivity index is 0.00000242. The number of likely N-dealkylation sites (tertiary alicyclic amines) is 1. The Morgan fingerprint density at radius 1 is 1.41 bits per heavy atom. The molecule has 5 nitrogen and oxygen atoms in total. The molecule has 126 valence electrons. The van der Waals surface area contributed by atoms with Gasteiger partial charge in [-0.1, -0.05) is 6.92 Å². The Morgan fingerprint density at radius 3 is 2.95 bits per heavy atom. The molecule has 0 bridgehead atoms. The van der Waals surface area contributed by atoms with Gasteiger partial charge in [0.05, 0.1) is 12.8 Å². The van der Waals surface area contributed by atoms with Crippen molar-refractivity contribution in [2.45, 2.75) is 39.2 Å². The van der Waals surface area contributed by atoms with Crippen LogP contribution in [0.3, 0.4) is 0 Å². The van der Waals surface area contributed by atoms with Crippen LogP contribution in [0.1, 0.15) is 32.4 Å². The van der Waals surface area contributed by atoms with E-state index in [0.29, 0.717) is 6.04 Å². The summed E-state index contributed by atoms with van der Waals surface area (Å²) in [5.74, 6) is 1.92. The predicted molar refractivity (Wildman–Crippen MR) is 102 cm³/mol. The molecule has 1 aromatic heterocycles. The molecule has 6 heteroatoms. The third kappa shape index (κ3) is 6.16. The van der Waals surface area contributed by atoms with Gasteiger partial charge in [-0.05, 0) is 45.0 Å². The highest BCUT2D eigenvalue weighted by Gasteiger charge is 2.22. The molecular formula is C16H29IN4O. The first kappa shape index (κ1) is 19.3. The van der Waals surface area contributed by atoms with E-state index >= 15 is 0 Å². The first-order chi connectivity index (χ1) is 10.3. The van der Waals surface area contributed by atoms with Gasteiger partial charge in [0, 0.05) is 25.6 Å². The topological polar surface area (TPSA) is 52.8 Å². The fraction of sp³-hybridized carbons (Fsp3) is 0.688. The molecule has 1 aliphatic heterocycles. The first-order valence-corrected chi connectivity index (χ1v) is 8.12. The summed E-state index contributed by atoms with van der Waals surface area (Å²) in [6.45, 7) is 9.27. The van der Waals surface area contributed by atoms with Crippen molar-refractivity contribution in [3.8, 4) is 0 Å². The maximum atomic E-state index is 5.34. The quantitative estimate of drug-likeness (QED) is 0.404. The minimum absolute atomic E-state index is 0. The van der Waals surface area contributed by atoms with Crippen molar-refractivity contribution in [2.75, 3.05) is 32.7 Å². The van der Waals surface area contributed by atoms with Gasteiger partial charge in [0.15, 0.2) is 5.96 Å². The van der Waals surface area contributed by atoms with Crippen LogP contribution in [0.15, 0.2) is 27.8 Å². The summed E-state index contributed by atoms with van der Waals surface area (Å²) in [5, 5.41) is 6.69. The Morgan fingerprint density at radius 2 is 2.27 bits per heavy atom. The van der Waals surface area contributed by atoms with Gasteiger partial charge >= 0.3 is 0 Å². The lowest BCUT2D eigenvalue weighted by Gasteiger charge is -2.21. The van der Waals surface area contributed by atoms with Gasteiger partial charge in [0.2, 0.25) is 0 Å². The molecule has 0 amide bonds. The Labute approximate surface area is 150 Å². The average Bonchev–Trinajstić information content (AvgIpc) is 3.15. The number of nitrogens with zero attached hydrogens (tertiary/aromatic N) is 2. The van der Waals surface area contributed by atoms with Gasteiger partial charge in [0.1, 0.15) is 5.76 Å². The summed E-state index contributed by atoms with van der Waals surface area (Å²) in [7, 11) is 0. The molecule has 0 aliphatic carbocycles. The number of likely N-dealkylation sites (N-methyl/N-ethyl adjacent to an activating group) is 1. The zero-order valence-corrected chi connectivity index (χ0v) is 16.0. The molecule has 22 heavy (non-hydrogen) atoms. The second kappa shape index (κ2) is 10.9. The molecule has 1 unspecified atom stereocenters. The molecule has 0 spiro atoms. The molecule has 0 radical (unpaired) electrons. The van der Waals surface area contributed by atoms with E-state index in [0.717, 1.165) is 44.3 Å². The Kier molecular flexibility index (Phi) is 9.54. The molecule has 0 saturated carbocycles. The second-order valence-electron chi connectivity index (χ2n) is 5.40. The van der Waals surface area contributed by atoms with Crippen molar-refractivity contribution in [3.05, 3.63) is 24.2 Å². The van der Waals surface area contributed by atoms with Gasteiger partial charge in [-0.2, -0.15) is 0 Å². The molecule has 1 aromatic rings. The van der Waals surface area contributed by atoms with E-state index in [2.05, 4.69) is 29.4 Å². The summed E-state index contributed by atoms with van der Waals surface area (Å²) in [5.41, 5.74) is 0. The fourth-order valence-electron chi connectivity index (χ4n) is 2.82. The van der Waals surface area contributed by atoms with Crippen molar-refractivity contribution in [1.82, 2.24) is 15.5 Å². The largest absolute Gasteiger partial charge is 0.469 e. The van der Waals surface area contributed by atoms with E-state index in [1.165, 1.54) is 19.4 Å². The number of hydrogen-bond acceptors (Lipinski definition) is 3. The predicted octanol–water partition coefficient (Wildman–Crippen LogP) is 2.48. The molecule has 2 rings (SSSR count). The monoisotopic (exact) mass is 420 g/mol. The molecule has 1 aliphatic rings. The number of furan rings is 1. The fourth-order valence-corrected chi connectivity index (χ4v) is 2.82. The summed E-state index contributed by atoms with van der Waals surface area (Å²) in [6, 6.07) is 4.54.